The van der Waals surface area contributed by atoms with Crippen molar-refractivity contribution < 1.29 is 0 Å². The molecule has 4 heteroatoms. The Morgan fingerprint density at radius 2 is 1.85 bits per heavy atom. The SMILES string of the molecule is CC(C[Si](Cl)Cl)c1ccc(Br)cc1. The molecular formula is C9H10BrCl2Si. The van der Waals surface area contributed by atoms with Crippen LogP contribution >= 0.6 is 38.1 Å². The van der Waals surface area contributed by atoms with Crippen LogP contribution in [0.2, 0.25) is 6.04 Å². The maximum Gasteiger partial charge on any atom is 0.274 e. The molecule has 1 rings (SSSR count). The number of hydrogen-bond donors (Lipinski definition) is 0. The molecule has 0 spiro atoms. The highest BCUT2D eigenvalue weighted by Gasteiger charge is 2.12. The number of hydrogen-bond acceptors (Lipinski definition) is 0. The largest absolute Gasteiger partial charge is 0.274 e. The summed E-state index contributed by atoms with van der Waals surface area (Å²) in [5.41, 5.74) is 1.30. The minimum atomic E-state index is -1.16. The summed E-state index contributed by atoms with van der Waals surface area (Å²) in [5.74, 6) is 0.456. The molecule has 0 fully saturated rings. The van der Waals surface area contributed by atoms with Crippen LogP contribution in [0.5, 0.6) is 0 Å². The van der Waals surface area contributed by atoms with E-state index in [1.54, 1.807) is 0 Å². The number of rotatable bonds is 3. The van der Waals surface area contributed by atoms with Gasteiger partial charge in [-0.1, -0.05) is 35.0 Å². The lowest BCUT2D eigenvalue weighted by molar-refractivity contribution is 0.860. The molecule has 0 aliphatic carbocycles. The van der Waals surface area contributed by atoms with Crippen molar-refractivity contribution in [2.24, 2.45) is 0 Å². The van der Waals surface area contributed by atoms with Gasteiger partial charge in [0.25, 0.3) is 7.42 Å². The fraction of sp³-hybridized carbons (Fsp3) is 0.333. The third kappa shape index (κ3) is 4.02. The van der Waals surface area contributed by atoms with Crippen molar-refractivity contribution in [2.75, 3.05) is 0 Å². The van der Waals surface area contributed by atoms with Crippen LogP contribution in [-0.4, -0.2) is 7.42 Å². The normalized spacial score (nSPS) is 13.3. The van der Waals surface area contributed by atoms with Crippen LogP contribution in [-0.2, 0) is 0 Å². The second-order valence-corrected chi connectivity index (χ2v) is 8.31. The number of halogens is 3. The van der Waals surface area contributed by atoms with E-state index in [-0.39, 0.29) is 0 Å². The van der Waals surface area contributed by atoms with E-state index in [1.165, 1.54) is 5.56 Å². The van der Waals surface area contributed by atoms with Crippen LogP contribution in [0.3, 0.4) is 0 Å². The lowest BCUT2D eigenvalue weighted by Crippen LogP contribution is -2.00. The minimum absolute atomic E-state index is 0.456. The van der Waals surface area contributed by atoms with Gasteiger partial charge in [0.15, 0.2) is 0 Å². The van der Waals surface area contributed by atoms with Gasteiger partial charge >= 0.3 is 0 Å². The van der Waals surface area contributed by atoms with Gasteiger partial charge in [-0.15, -0.1) is 22.2 Å². The average Bonchev–Trinajstić information content (AvgIpc) is 2.04. The summed E-state index contributed by atoms with van der Waals surface area (Å²) >= 11 is 15.0. The van der Waals surface area contributed by atoms with Gasteiger partial charge in [-0.05, 0) is 29.7 Å². The first-order valence-corrected chi connectivity index (χ1v) is 8.54. The van der Waals surface area contributed by atoms with E-state index in [1.807, 2.05) is 12.1 Å². The lowest BCUT2D eigenvalue weighted by Gasteiger charge is -2.10. The molecule has 0 nitrogen and oxygen atoms in total. The Balaban J connectivity index is 2.66. The van der Waals surface area contributed by atoms with Crippen LogP contribution in [0.25, 0.3) is 0 Å². The molecule has 0 bridgehead atoms. The first-order chi connectivity index (χ1) is 6.09. The molecule has 1 aromatic carbocycles. The first-order valence-electron chi connectivity index (χ1n) is 4.02. The van der Waals surface area contributed by atoms with E-state index in [0.29, 0.717) is 5.92 Å². The molecule has 13 heavy (non-hydrogen) atoms. The van der Waals surface area contributed by atoms with E-state index in [9.17, 15) is 0 Å². The average molecular weight is 297 g/mol. The van der Waals surface area contributed by atoms with E-state index < -0.39 is 7.42 Å². The molecule has 0 amide bonds. The minimum Gasteiger partial charge on any atom is -0.147 e. The zero-order chi connectivity index (χ0) is 9.84. The fourth-order valence-corrected chi connectivity index (χ4v) is 3.49. The van der Waals surface area contributed by atoms with E-state index in [4.69, 9.17) is 22.2 Å². The Labute approximate surface area is 98.4 Å². The molecule has 1 aromatic rings. The summed E-state index contributed by atoms with van der Waals surface area (Å²) in [4.78, 5) is 0. The Bertz CT molecular complexity index is 261. The third-order valence-electron chi connectivity index (χ3n) is 1.90. The molecule has 0 aromatic heterocycles. The summed E-state index contributed by atoms with van der Waals surface area (Å²) in [5, 5.41) is 0. The third-order valence-corrected chi connectivity index (χ3v) is 4.27. The first kappa shape index (κ1) is 11.6. The topological polar surface area (TPSA) is 0 Å². The molecule has 71 valence electrons. The maximum absolute atomic E-state index is 5.81. The summed E-state index contributed by atoms with van der Waals surface area (Å²) in [6.45, 7) is 2.15. The molecule has 0 saturated heterocycles. The van der Waals surface area contributed by atoms with Gasteiger partial charge in [0, 0.05) is 4.47 Å². The quantitative estimate of drug-likeness (QED) is 0.568. The van der Waals surface area contributed by atoms with Crippen molar-refractivity contribution in [3.05, 3.63) is 34.3 Å². The van der Waals surface area contributed by atoms with E-state index in [0.717, 1.165) is 10.5 Å². The summed E-state index contributed by atoms with van der Waals surface area (Å²) in [6, 6.07) is 9.19. The lowest BCUT2D eigenvalue weighted by atomic mass is 10.0. The Morgan fingerprint density at radius 3 is 2.31 bits per heavy atom. The monoisotopic (exact) mass is 295 g/mol. The van der Waals surface area contributed by atoms with Crippen LogP contribution in [0, 0.1) is 0 Å². The molecule has 1 unspecified atom stereocenters. The molecule has 0 saturated carbocycles. The van der Waals surface area contributed by atoms with E-state index >= 15 is 0 Å². The van der Waals surface area contributed by atoms with E-state index in [2.05, 4.69) is 35.0 Å². The highest BCUT2D eigenvalue weighted by atomic mass is 79.9. The Hall–Kier alpha value is 0.497. The summed E-state index contributed by atoms with van der Waals surface area (Å²) < 4.78 is 1.10. The molecule has 0 heterocycles. The predicted octanol–water partition coefficient (Wildman–Crippen LogP) is 4.52. The maximum atomic E-state index is 5.81. The molecule has 0 aliphatic rings. The standard InChI is InChI=1S/C9H10BrCl2Si/c1-7(6-13(11)12)8-2-4-9(10)5-3-8/h2-5,7H,6H2,1H3. The van der Waals surface area contributed by atoms with Crippen molar-refractivity contribution in [2.45, 2.75) is 18.9 Å². The Kier molecular flexibility index (Phi) is 4.80. The van der Waals surface area contributed by atoms with Crippen LogP contribution in [0.1, 0.15) is 18.4 Å². The van der Waals surface area contributed by atoms with Gasteiger partial charge in [-0.2, -0.15) is 0 Å². The van der Waals surface area contributed by atoms with Crippen LogP contribution in [0.4, 0.5) is 0 Å². The zero-order valence-corrected chi connectivity index (χ0v) is 11.3. The van der Waals surface area contributed by atoms with Gasteiger partial charge in [0.05, 0.1) is 0 Å². The van der Waals surface area contributed by atoms with Gasteiger partial charge < -0.3 is 0 Å². The smallest absolute Gasteiger partial charge is 0.147 e. The van der Waals surface area contributed by atoms with Crippen molar-refractivity contribution in [1.82, 2.24) is 0 Å². The molecule has 1 atom stereocenters. The van der Waals surface area contributed by atoms with Gasteiger partial charge in [-0.25, -0.2) is 0 Å². The van der Waals surface area contributed by atoms with Gasteiger partial charge in [0.1, 0.15) is 0 Å². The second-order valence-electron chi connectivity index (χ2n) is 3.00. The second kappa shape index (κ2) is 5.40. The van der Waals surface area contributed by atoms with Gasteiger partial charge in [-0.3, -0.25) is 0 Å². The van der Waals surface area contributed by atoms with Crippen molar-refractivity contribution >= 4 is 45.5 Å². The highest BCUT2D eigenvalue weighted by Crippen LogP contribution is 2.24. The van der Waals surface area contributed by atoms with Crippen molar-refractivity contribution in [3.8, 4) is 0 Å². The summed E-state index contributed by atoms with van der Waals surface area (Å²) in [6.07, 6.45) is 0. The predicted molar refractivity (Wildman–Crippen MR) is 64.8 cm³/mol. The molecule has 0 aliphatic heterocycles. The summed E-state index contributed by atoms with van der Waals surface area (Å²) in [7, 11) is -1.16. The fourth-order valence-electron chi connectivity index (χ4n) is 1.14. The molecule has 0 N–H and O–H groups in total. The number of benzene rings is 1. The Morgan fingerprint density at radius 1 is 1.31 bits per heavy atom. The zero-order valence-electron chi connectivity index (χ0n) is 7.23. The van der Waals surface area contributed by atoms with Crippen molar-refractivity contribution in [3.63, 3.8) is 0 Å². The molecular weight excluding hydrogens is 287 g/mol. The van der Waals surface area contributed by atoms with Crippen LogP contribution in [0.15, 0.2) is 28.7 Å². The van der Waals surface area contributed by atoms with Crippen LogP contribution < -0.4 is 0 Å². The van der Waals surface area contributed by atoms with Crippen molar-refractivity contribution in [1.29, 1.82) is 0 Å². The molecule has 1 radical (unpaired) electrons. The highest BCUT2D eigenvalue weighted by molar-refractivity contribution is 9.10. The van der Waals surface area contributed by atoms with Gasteiger partial charge in [0.2, 0.25) is 0 Å².